The number of hydrogen-bond acceptors (Lipinski definition) is 3. The van der Waals surface area contributed by atoms with Crippen molar-refractivity contribution in [2.45, 2.75) is 26.8 Å². The van der Waals surface area contributed by atoms with Gasteiger partial charge >= 0.3 is 0 Å². The summed E-state index contributed by atoms with van der Waals surface area (Å²) in [6, 6.07) is 6.42. The van der Waals surface area contributed by atoms with Crippen LogP contribution >= 0.6 is 11.6 Å². The van der Waals surface area contributed by atoms with Gasteiger partial charge in [0.15, 0.2) is 11.5 Å². The molecule has 21 heavy (non-hydrogen) atoms. The number of benzene rings is 1. The van der Waals surface area contributed by atoms with E-state index in [9.17, 15) is 14.7 Å². The van der Waals surface area contributed by atoms with Crippen molar-refractivity contribution >= 4 is 23.3 Å². The number of amides is 1. The van der Waals surface area contributed by atoms with Crippen molar-refractivity contribution in [3.05, 3.63) is 46.2 Å². The van der Waals surface area contributed by atoms with E-state index < -0.39 is 17.7 Å². The minimum absolute atomic E-state index is 0.156. The van der Waals surface area contributed by atoms with E-state index in [2.05, 4.69) is 0 Å². The van der Waals surface area contributed by atoms with E-state index in [4.69, 9.17) is 11.6 Å². The van der Waals surface area contributed by atoms with E-state index in [0.717, 1.165) is 5.56 Å². The molecule has 0 bridgehead atoms. The lowest BCUT2D eigenvalue weighted by Crippen LogP contribution is -2.34. The van der Waals surface area contributed by atoms with Gasteiger partial charge in [-0.15, -0.1) is 0 Å². The van der Waals surface area contributed by atoms with Gasteiger partial charge in [0.25, 0.3) is 5.91 Å². The van der Waals surface area contributed by atoms with Crippen LogP contribution in [0.1, 0.15) is 32.4 Å². The smallest absolute Gasteiger partial charge is 0.290 e. The number of aliphatic hydroxyl groups excluding tert-OH is 1. The second kappa shape index (κ2) is 5.90. The van der Waals surface area contributed by atoms with E-state index in [1.54, 1.807) is 29.2 Å². The van der Waals surface area contributed by atoms with Crippen LogP contribution in [0.15, 0.2) is 35.6 Å². The zero-order chi connectivity index (χ0) is 15.7. The molecule has 0 aliphatic carbocycles. The minimum atomic E-state index is -0.547. The van der Waals surface area contributed by atoms with Crippen LogP contribution in [0, 0.1) is 5.92 Å². The first-order chi connectivity index (χ1) is 9.82. The Hall–Kier alpha value is -1.81. The number of aliphatic hydroxyl groups is 1. The number of hydrogen-bond donors (Lipinski definition) is 1. The van der Waals surface area contributed by atoms with Crippen molar-refractivity contribution in [1.82, 2.24) is 4.90 Å². The van der Waals surface area contributed by atoms with Gasteiger partial charge in [0, 0.05) is 11.6 Å². The molecule has 5 heteroatoms. The molecule has 1 aromatic rings. The van der Waals surface area contributed by atoms with Crippen LogP contribution in [0.2, 0.25) is 5.02 Å². The molecule has 1 aliphatic heterocycles. The van der Waals surface area contributed by atoms with Crippen molar-refractivity contribution in [1.29, 1.82) is 0 Å². The topological polar surface area (TPSA) is 57.6 Å². The molecule has 1 heterocycles. The lowest BCUT2D eigenvalue weighted by molar-refractivity contribution is -0.129. The lowest BCUT2D eigenvalue weighted by atomic mass is 9.96. The average molecular weight is 308 g/mol. The fourth-order valence-electron chi connectivity index (χ4n) is 2.59. The molecule has 1 unspecified atom stereocenters. The maximum absolute atomic E-state index is 12.2. The SMILES string of the molecule is CC(=O)C1=C(O)C(=O)N(CC(C)C)C1c1ccc(Cl)cc1. The van der Waals surface area contributed by atoms with E-state index in [0.29, 0.717) is 11.6 Å². The first-order valence-electron chi connectivity index (χ1n) is 6.83. The number of ketones is 1. The molecule has 2 rings (SSSR count). The summed E-state index contributed by atoms with van der Waals surface area (Å²) in [6.45, 7) is 5.79. The number of halogens is 1. The molecule has 112 valence electrons. The fourth-order valence-corrected chi connectivity index (χ4v) is 2.71. The van der Waals surface area contributed by atoms with Crippen LogP contribution in [0.25, 0.3) is 0 Å². The van der Waals surface area contributed by atoms with Gasteiger partial charge in [-0.2, -0.15) is 0 Å². The van der Waals surface area contributed by atoms with Crippen LogP contribution in [0.4, 0.5) is 0 Å². The van der Waals surface area contributed by atoms with Gasteiger partial charge < -0.3 is 10.0 Å². The van der Waals surface area contributed by atoms with E-state index in [-0.39, 0.29) is 17.3 Å². The third-order valence-corrected chi connectivity index (χ3v) is 3.68. The summed E-state index contributed by atoms with van der Waals surface area (Å²) in [7, 11) is 0. The van der Waals surface area contributed by atoms with Gasteiger partial charge in [0.1, 0.15) is 0 Å². The van der Waals surface area contributed by atoms with Crippen LogP contribution in [-0.2, 0) is 9.59 Å². The summed E-state index contributed by atoms with van der Waals surface area (Å²) in [4.78, 5) is 25.6. The number of Topliss-reactive ketones (excluding diaryl/α,β-unsaturated/α-hetero) is 1. The summed E-state index contributed by atoms with van der Waals surface area (Å²) < 4.78 is 0. The summed E-state index contributed by atoms with van der Waals surface area (Å²) in [5.41, 5.74) is 0.922. The van der Waals surface area contributed by atoms with Crippen LogP contribution in [0.5, 0.6) is 0 Å². The highest BCUT2D eigenvalue weighted by molar-refractivity contribution is 6.30. The summed E-state index contributed by atoms with van der Waals surface area (Å²) in [5, 5.41) is 10.6. The van der Waals surface area contributed by atoms with Crippen molar-refractivity contribution in [2.24, 2.45) is 5.92 Å². The average Bonchev–Trinajstić information content (AvgIpc) is 2.64. The monoisotopic (exact) mass is 307 g/mol. The maximum Gasteiger partial charge on any atom is 0.290 e. The van der Waals surface area contributed by atoms with Crippen molar-refractivity contribution in [3.8, 4) is 0 Å². The number of carbonyl (C=O) groups is 2. The molecule has 0 saturated carbocycles. The van der Waals surface area contributed by atoms with Gasteiger partial charge in [-0.05, 0) is 30.5 Å². The summed E-state index contributed by atoms with van der Waals surface area (Å²) >= 11 is 5.89. The standard InChI is InChI=1S/C16H18ClNO3/c1-9(2)8-18-14(11-4-6-12(17)7-5-11)13(10(3)19)15(20)16(18)21/h4-7,9,14,20H,8H2,1-3H3. The summed E-state index contributed by atoms with van der Waals surface area (Å²) in [6.07, 6.45) is 0. The van der Waals surface area contributed by atoms with E-state index in [1.165, 1.54) is 6.92 Å². The molecular formula is C16H18ClNO3. The second-order valence-electron chi connectivity index (χ2n) is 5.62. The van der Waals surface area contributed by atoms with Crippen molar-refractivity contribution in [2.75, 3.05) is 6.54 Å². The summed E-state index contributed by atoms with van der Waals surface area (Å²) in [5.74, 6) is -1.01. The van der Waals surface area contributed by atoms with Gasteiger partial charge in [0.05, 0.1) is 11.6 Å². The van der Waals surface area contributed by atoms with E-state index in [1.807, 2.05) is 13.8 Å². The lowest BCUT2D eigenvalue weighted by Gasteiger charge is -2.28. The Morgan fingerprint density at radius 3 is 2.38 bits per heavy atom. The molecule has 0 radical (unpaired) electrons. The van der Waals surface area contributed by atoms with Crippen LogP contribution in [-0.4, -0.2) is 28.2 Å². The van der Waals surface area contributed by atoms with Crippen LogP contribution < -0.4 is 0 Å². The Labute approximate surface area is 129 Å². The molecule has 1 atom stereocenters. The highest BCUT2D eigenvalue weighted by Crippen LogP contribution is 2.38. The fraction of sp³-hybridized carbons (Fsp3) is 0.375. The highest BCUT2D eigenvalue weighted by atomic mass is 35.5. The Morgan fingerprint density at radius 2 is 1.90 bits per heavy atom. The maximum atomic E-state index is 12.2. The molecule has 0 aromatic heterocycles. The molecule has 0 fully saturated rings. The molecule has 0 spiro atoms. The molecule has 4 nitrogen and oxygen atoms in total. The number of carbonyl (C=O) groups excluding carboxylic acids is 2. The van der Waals surface area contributed by atoms with Crippen LogP contribution in [0.3, 0.4) is 0 Å². The molecule has 1 amide bonds. The Morgan fingerprint density at radius 1 is 1.33 bits per heavy atom. The number of rotatable bonds is 4. The Balaban J connectivity index is 2.51. The third-order valence-electron chi connectivity index (χ3n) is 3.43. The van der Waals surface area contributed by atoms with Crippen molar-refractivity contribution < 1.29 is 14.7 Å². The van der Waals surface area contributed by atoms with E-state index >= 15 is 0 Å². The molecule has 1 aliphatic rings. The Kier molecular flexibility index (Phi) is 4.37. The molecule has 0 saturated heterocycles. The second-order valence-corrected chi connectivity index (χ2v) is 6.06. The molecule has 1 aromatic carbocycles. The molecule has 1 N–H and O–H groups in total. The van der Waals surface area contributed by atoms with Gasteiger partial charge in [0.2, 0.25) is 0 Å². The normalized spacial score (nSPS) is 18.8. The van der Waals surface area contributed by atoms with Gasteiger partial charge in [-0.1, -0.05) is 37.6 Å². The molecular weight excluding hydrogens is 290 g/mol. The zero-order valence-electron chi connectivity index (χ0n) is 12.3. The minimum Gasteiger partial charge on any atom is -0.503 e. The predicted molar refractivity (Wildman–Crippen MR) is 81.1 cm³/mol. The predicted octanol–water partition coefficient (Wildman–Crippen LogP) is 3.28. The number of nitrogens with zero attached hydrogens (tertiary/aromatic N) is 1. The van der Waals surface area contributed by atoms with Crippen molar-refractivity contribution in [3.63, 3.8) is 0 Å². The highest BCUT2D eigenvalue weighted by Gasteiger charge is 2.42. The largest absolute Gasteiger partial charge is 0.503 e. The third kappa shape index (κ3) is 2.95. The van der Waals surface area contributed by atoms with Gasteiger partial charge in [-0.25, -0.2) is 0 Å². The first kappa shape index (κ1) is 15.6. The quantitative estimate of drug-likeness (QED) is 0.928. The van der Waals surface area contributed by atoms with Gasteiger partial charge in [-0.3, -0.25) is 9.59 Å². The Bertz CT molecular complexity index is 604. The zero-order valence-corrected chi connectivity index (χ0v) is 13.0. The first-order valence-corrected chi connectivity index (χ1v) is 7.21.